The average Bonchev–Trinajstić information content (AvgIpc) is 2.66. The first kappa shape index (κ1) is 11.0. The van der Waals surface area contributed by atoms with Gasteiger partial charge in [0.05, 0.1) is 5.02 Å². The van der Waals surface area contributed by atoms with Crippen LogP contribution in [0.2, 0.25) is 10.0 Å². The highest BCUT2D eigenvalue weighted by Crippen LogP contribution is 2.28. The number of nitrogens with zero attached hydrogens (tertiary/aromatic N) is 2. The van der Waals surface area contributed by atoms with Crippen LogP contribution in [0.1, 0.15) is 5.82 Å². The van der Waals surface area contributed by atoms with Gasteiger partial charge in [-0.3, -0.25) is 5.10 Å². The third-order valence-corrected chi connectivity index (χ3v) is 2.35. The summed E-state index contributed by atoms with van der Waals surface area (Å²) in [6.45, 7) is 0.199. The van der Waals surface area contributed by atoms with E-state index in [0.717, 1.165) is 0 Å². The lowest BCUT2D eigenvalue weighted by Gasteiger charge is -2.06. The molecule has 1 heterocycles. The fourth-order valence-corrected chi connectivity index (χ4v) is 1.44. The Morgan fingerprint density at radius 1 is 1.38 bits per heavy atom. The van der Waals surface area contributed by atoms with Crippen molar-refractivity contribution in [2.75, 3.05) is 5.73 Å². The smallest absolute Gasteiger partial charge is 0.239 e. The van der Waals surface area contributed by atoms with Gasteiger partial charge >= 0.3 is 0 Å². The summed E-state index contributed by atoms with van der Waals surface area (Å²) >= 11 is 11.7. The van der Waals surface area contributed by atoms with Gasteiger partial charge in [-0.1, -0.05) is 23.2 Å². The van der Waals surface area contributed by atoms with Gasteiger partial charge in [0.1, 0.15) is 12.4 Å². The van der Waals surface area contributed by atoms with Gasteiger partial charge in [-0.05, 0) is 12.1 Å². The zero-order valence-electron chi connectivity index (χ0n) is 8.08. The summed E-state index contributed by atoms with van der Waals surface area (Å²) in [5, 5.41) is 7.33. The van der Waals surface area contributed by atoms with Gasteiger partial charge in [0.2, 0.25) is 5.95 Å². The summed E-state index contributed by atoms with van der Waals surface area (Å²) in [6.07, 6.45) is 0. The van der Waals surface area contributed by atoms with Gasteiger partial charge in [-0.15, -0.1) is 5.10 Å². The largest absolute Gasteiger partial charge is 0.484 e. The number of halogens is 2. The molecule has 5 nitrogen and oxygen atoms in total. The number of nitrogen functional groups attached to an aromatic ring is 1. The van der Waals surface area contributed by atoms with Crippen LogP contribution in [0.4, 0.5) is 5.95 Å². The molecule has 2 aromatic rings. The first-order valence-electron chi connectivity index (χ1n) is 4.40. The van der Waals surface area contributed by atoms with Crippen LogP contribution >= 0.6 is 23.2 Å². The molecule has 0 atom stereocenters. The van der Waals surface area contributed by atoms with E-state index in [2.05, 4.69) is 15.2 Å². The second kappa shape index (κ2) is 4.59. The second-order valence-electron chi connectivity index (χ2n) is 3.00. The monoisotopic (exact) mass is 258 g/mol. The normalized spacial score (nSPS) is 10.4. The molecule has 0 aliphatic rings. The molecule has 0 aliphatic heterocycles. The Balaban J connectivity index is 2.07. The van der Waals surface area contributed by atoms with Crippen LogP contribution in [0.5, 0.6) is 5.75 Å². The minimum Gasteiger partial charge on any atom is -0.484 e. The van der Waals surface area contributed by atoms with E-state index in [4.69, 9.17) is 33.7 Å². The average molecular weight is 259 g/mol. The number of nitrogens with one attached hydrogen (secondary N) is 1. The summed E-state index contributed by atoms with van der Waals surface area (Å²) in [4.78, 5) is 3.89. The molecule has 0 saturated heterocycles. The van der Waals surface area contributed by atoms with E-state index < -0.39 is 0 Å². The fourth-order valence-electron chi connectivity index (χ4n) is 1.11. The predicted octanol–water partition coefficient (Wildman–Crippen LogP) is 2.27. The Morgan fingerprint density at radius 3 is 2.88 bits per heavy atom. The van der Waals surface area contributed by atoms with Crippen LogP contribution in [0.15, 0.2) is 18.2 Å². The van der Waals surface area contributed by atoms with Crippen LogP contribution in [0.25, 0.3) is 0 Å². The molecule has 7 heteroatoms. The number of hydrogen-bond acceptors (Lipinski definition) is 4. The Morgan fingerprint density at radius 2 is 2.19 bits per heavy atom. The molecule has 0 fully saturated rings. The quantitative estimate of drug-likeness (QED) is 0.886. The molecule has 3 N–H and O–H groups in total. The van der Waals surface area contributed by atoms with Crippen molar-refractivity contribution in [3.05, 3.63) is 34.1 Å². The molecule has 84 valence electrons. The van der Waals surface area contributed by atoms with Gasteiger partial charge in [-0.25, -0.2) is 0 Å². The molecule has 0 aliphatic carbocycles. The van der Waals surface area contributed by atoms with E-state index >= 15 is 0 Å². The topological polar surface area (TPSA) is 76.8 Å². The van der Waals surface area contributed by atoms with Gasteiger partial charge in [0, 0.05) is 11.1 Å². The maximum Gasteiger partial charge on any atom is 0.239 e. The van der Waals surface area contributed by atoms with E-state index in [1.807, 2.05) is 0 Å². The molecule has 16 heavy (non-hydrogen) atoms. The van der Waals surface area contributed by atoms with E-state index in [1.165, 1.54) is 0 Å². The second-order valence-corrected chi connectivity index (χ2v) is 3.85. The van der Waals surface area contributed by atoms with Crippen LogP contribution < -0.4 is 10.5 Å². The molecule has 0 bridgehead atoms. The number of ether oxygens (including phenoxy) is 1. The number of nitrogens with two attached hydrogens (primary N) is 1. The van der Waals surface area contributed by atoms with E-state index in [0.29, 0.717) is 21.6 Å². The lowest BCUT2D eigenvalue weighted by atomic mass is 10.3. The molecule has 0 radical (unpaired) electrons. The van der Waals surface area contributed by atoms with E-state index in [9.17, 15) is 0 Å². The number of anilines is 1. The Hall–Kier alpha value is -1.46. The molecule has 0 saturated carbocycles. The maximum atomic E-state index is 5.91. The van der Waals surface area contributed by atoms with E-state index in [-0.39, 0.29) is 12.6 Å². The SMILES string of the molecule is Nc1n[nH]c(COc2cc(Cl)ccc2Cl)n1. The number of rotatable bonds is 3. The summed E-state index contributed by atoms with van der Waals surface area (Å²) in [5.41, 5.74) is 5.35. The zero-order valence-corrected chi connectivity index (χ0v) is 9.59. The molecule has 1 aromatic carbocycles. The van der Waals surface area contributed by atoms with Crippen molar-refractivity contribution in [3.8, 4) is 5.75 Å². The number of aromatic nitrogens is 3. The predicted molar refractivity (Wildman–Crippen MR) is 61.6 cm³/mol. The fraction of sp³-hybridized carbons (Fsp3) is 0.111. The van der Waals surface area contributed by atoms with Crippen LogP contribution in [-0.2, 0) is 6.61 Å². The highest BCUT2D eigenvalue weighted by atomic mass is 35.5. The third-order valence-electron chi connectivity index (χ3n) is 1.81. The van der Waals surface area contributed by atoms with E-state index in [1.54, 1.807) is 18.2 Å². The first-order valence-corrected chi connectivity index (χ1v) is 5.15. The first-order chi connectivity index (χ1) is 7.65. The molecule has 1 aromatic heterocycles. The van der Waals surface area contributed by atoms with Gasteiger partial charge in [-0.2, -0.15) is 4.98 Å². The maximum absolute atomic E-state index is 5.91. The molecular formula is C9H8Cl2N4O. The minimum atomic E-state index is 0.177. The third kappa shape index (κ3) is 2.56. The summed E-state index contributed by atoms with van der Waals surface area (Å²) < 4.78 is 5.41. The zero-order chi connectivity index (χ0) is 11.5. The summed E-state index contributed by atoms with van der Waals surface area (Å²) in [6, 6.07) is 4.97. The van der Waals surface area contributed by atoms with Crippen molar-refractivity contribution in [2.24, 2.45) is 0 Å². The highest BCUT2D eigenvalue weighted by Gasteiger charge is 2.05. The minimum absolute atomic E-state index is 0.177. The van der Waals surface area contributed by atoms with Crippen LogP contribution in [0, 0.1) is 0 Å². The summed E-state index contributed by atoms with van der Waals surface area (Å²) in [5.74, 6) is 1.19. The van der Waals surface area contributed by atoms with Crippen molar-refractivity contribution in [1.82, 2.24) is 15.2 Å². The Labute approximate surface area is 102 Å². The van der Waals surface area contributed by atoms with Gasteiger partial charge in [0.15, 0.2) is 5.82 Å². The highest BCUT2D eigenvalue weighted by molar-refractivity contribution is 6.34. The number of benzene rings is 1. The lowest BCUT2D eigenvalue weighted by Crippen LogP contribution is -1.98. The number of aromatic amines is 1. The van der Waals surface area contributed by atoms with Gasteiger partial charge in [0.25, 0.3) is 0 Å². The van der Waals surface area contributed by atoms with Crippen LogP contribution in [-0.4, -0.2) is 15.2 Å². The molecular weight excluding hydrogens is 251 g/mol. The van der Waals surface area contributed by atoms with Crippen molar-refractivity contribution in [2.45, 2.75) is 6.61 Å². The van der Waals surface area contributed by atoms with Crippen LogP contribution in [0.3, 0.4) is 0 Å². The Bertz CT molecular complexity index is 500. The molecule has 0 unspecified atom stereocenters. The number of H-pyrrole nitrogens is 1. The molecule has 0 spiro atoms. The molecule has 2 rings (SSSR count). The lowest BCUT2D eigenvalue weighted by molar-refractivity contribution is 0.296. The van der Waals surface area contributed by atoms with Gasteiger partial charge < -0.3 is 10.5 Å². The van der Waals surface area contributed by atoms with Crippen molar-refractivity contribution in [3.63, 3.8) is 0 Å². The summed E-state index contributed by atoms with van der Waals surface area (Å²) in [7, 11) is 0. The molecule has 0 amide bonds. The Kier molecular flexibility index (Phi) is 3.17. The number of hydrogen-bond donors (Lipinski definition) is 2. The van der Waals surface area contributed by atoms with Crippen molar-refractivity contribution >= 4 is 29.2 Å². The van der Waals surface area contributed by atoms with Crippen molar-refractivity contribution < 1.29 is 4.74 Å². The van der Waals surface area contributed by atoms with Crippen molar-refractivity contribution in [1.29, 1.82) is 0 Å². The standard InChI is InChI=1S/C9H8Cl2N4O/c10-5-1-2-6(11)7(3-5)16-4-8-13-9(12)15-14-8/h1-3H,4H2,(H3,12,13,14,15).